The van der Waals surface area contributed by atoms with Crippen molar-refractivity contribution in [1.82, 2.24) is 14.8 Å². The average molecular weight is 289 g/mol. The average Bonchev–Trinajstić information content (AvgIpc) is 2.92. The molecule has 0 atom stereocenters. The summed E-state index contributed by atoms with van der Waals surface area (Å²) in [6, 6.07) is 7.90. The molecule has 1 aromatic carbocycles. The van der Waals surface area contributed by atoms with Crippen LogP contribution in [0.3, 0.4) is 0 Å². The number of aryl methyl sites for hydroxylation is 2. The maximum atomic E-state index is 9.92. The minimum atomic E-state index is -0.732. The summed E-state index contributed by atoms with van der Waals surface area (Å²) in [6.07, 6.45) is 2.95. The summed E-state index contributed by atoms with van der Waals surface area (Å²) in [4.78, 5) is 4.29. The molecule has 0 radical (unpaired) electrons. The molecule has 5 nitrogen and oxygen atoms in total. The van der Waals surface area contributed by atoms with Crippen molar-refractivity contribution in [2.75, 3.05) is 13.2 Å². The van der Waals surface area contributed by atoms with Gasteiger partial charge in [0, 0.05) is 18.4 Å². The maximum Gasteiger partial charge on any atom is 0.138 e. The molecule has 2 N–H and O–H groups in total. The fraction of sp³-hybridized carbons (Fsp3) is 0.500. The predicted molar refractivity (Wildman–Crippen MR) is 81.0 cm³/mol. The van der Waals surface area contributed by atoms with Crippen LogP contribution in [-0.4, -0.2) is 38.2 Å². The Morgan fingerprint density at radius 3 is 2.62 bits per heavy atom. The Kier molecular flexibility index (Phi) is 5.09. The van der Waals surface area contributed by atoms with Crippen LogP contribution in [0.4, 0.5) is 0 Å². The molecule has 5 heteroatoms. The molecule has 2 rings (SSSR count). The zero-order valence-electron chi connectivity index (χ0n) is 12.7. The van der Waals surface area contributed by atoms with E-state index >= 15 is 0 Å². The van der Waals surface area contributed by atoms with E-state index in [1.165, 1.54) is 6.33 Å². The molecule has 0 fully saturated rings. The molecule has 0 aliphatic carbocycles. The molecule has 1 aromatic heterocycles. The SMILES string of the molecule is CCCn1ncnc1CC(CO)(CO)c1cccc(C)c1. The van der Waals surface area contributed by atoms with Gasteiger partial charge in [0.2, 0.25) is 0 Å². The van der Waals surface area contributed by atoms with Gasteiger partial charge < -0.3 is 10.2 Å². The van der Waals surface area contributed by atoms with Gasteiger partial charge in [-0.25, -0.2) is 4.98 Å². The van der Waals surface area contributed by atoms with Gasteiger partial charge in [-0.1, -0.05) is 36.8 Å². The van der Waals surface area contributed by atoms with Crippen LogP contribution in [0.25, 0.3) is 0 Å². The molecule has 21 heavy (non-hydrogen) atoms. The second-order valence-electron chi connectivity index (χ2n) is 5.54. The van der Waals surface area contributed by atoms with Crippen LogP contribution in [-0.2, 0) is 18.4 Å². The molecular weight excluding hydrogens is 266 g/mol. The van der Waals surface area contributed by atoms with Gasteiger partial charge in [-0.15, -0.1) is 0 Å². The molecule has 0 spiro atoms. The van der Waals surface area contributed by atoms with Gasteiger partial charge in [-0.05, 0) is 18.9 Å². The van der Waals surface area contributed by atoms with Crippen LogP contribution in [0.1, 0.15) is 30.3 Å². The highest BCUT2D eigenvalue weighted by molar-refractivity contribution is 5.31. The highest BCUT2D eigenvalue weighted by Crippen LogP contribution is 2.28. The fourth-order valence-corrected chi connectivity index (χ4v) is 2.55. The van der Waals surface area contributed by atoms with Crippen molar-refractivity contribution in [3.8, 4) is 0 Å². The molecule has 0 saturated carbocycles. The van der Waals surface area contributed by atoms with E-state index in [1.807, 2.05) is 35.9 Å². The first-order valence-electron chi connectivity index (χ1n) is 7.30. The lowest BCUT2D eigenvalue weighted by Crippen LogP contribution is -2.38. The molecule has 114 valence electrons. The van der Waals surface area contributed by atoms with Crippen molar-refractivity contribution >= 4 is 0 Å². The monoisotopic (exact) mass is 289 g/mol. The number of nitrogens with zero attached hydrogens (tertiary/aromatic N) is 3. The Hall–Kier alpha value is -1.72. The highest BCUT2D eigenvalue weighted by atomic mass is 16.3. The summed E-state index contributed by atoms with van der Waals surface area (Å²) in [5.74, 6) is 0.793. The second-order valence-corrected chi connectivity index (χ2v) is 5.54. The summed E-state index contributed by atoms with van der Waals surface area (Å²) in [5, 5.41) is 24.1. The molecule has 0 saturated heterocycles. The van der Waals surface area contributed by atoms with Gasteiger partial charge in [0.25, 0.3) is 0 Å². The molecule has 0 unspecified atom stereocenters. The lowest BCUT2D eigenvalue weighted by molar-refractivity contribution is 0.113. The summed E-state index contributed by atoms with van der Waals surface area (Å²) in [5.41, 5.74) is 1.30. The van der Waals surface area contributed by atoms with Gasteiger partial charge in [0.1, 0.15) is 12.2 Å². The number of hydrogen-bond donors (Lipinski definition) is 2. The lowest BCUT2D eigenvalue weighted by Gasteiger charge is -2.30. The number of rotatable bonds is 7. The Bertz CT molecular complexity index is 576. The first kappa shape index (κ1) is 15.7. The van der Waals surface area contributed by atoms with E-state index in [-0.39, 0.29) is 13.2 Å². The smallest absolute Gasteiger partial charge is 0.138 e. The van der Waals surface area contributed by atoms with Crippen LogP contribution in [0.2, 0.25) is 0 Å². The third kappa shape index (κ3) is 3.31. The van der Waals surface area contributed by atoms with Crippen molar-refractivity contribution in [2.45, 2.75) is 38.6 Å². The van der Waals surface area contributed by atoms with E-state index in [2.05, 4.69) is 17.0 Å². The normalized spacial score (nSPS) is 11.8. The van der Waals surface area contributed by atoms with Gasteiger partial charge in [-0.2, -0.15) is 5.10 Å². The summed E-state index contributed by atoms with van der Waals surface area (Å²) >= 11 is 0. The molecule has 0 aliphatic rings. The van der Waals surface area contributed by atoms with E-state index in [9.17, 15) is 10.2 Å². The van der Waals surface area contributed by atoms with Gasteiger partial charge >= 0.3 is 0 Å². The van der Waals surface area contributed by atoms with E-state index < -0.39 is 5.41 Å². The van der Waals surface area contributed by atoms with Crippen molar-refractivity contribution < 1.29 is 10.2 Å². The van der Waals surface area contributed by atoms with Crippen LogP contribution < -0.4 is 0 Å². The quantitative estimate of drug-likeness (QED) is 0.809. The van der Waals surface area contributed by atoms with Gasteiger partial charge in [-0.3, -0.25) is 4.68 Å². The third-order valence-corrected chi connectivity index (χ3v) is 3.86. The number of benzene rings is 1. The Morgan fingerprint density at radius 2 is 2.00 bits per heavy atom. The van der Waals surface area contributed by atoms with Crippen LogP contribution in [0.15, 0.2) is 30.6 Å². The van der Waals surface area contributed by atoms with Crippen molar-refractivity contribution in [2.24, 2.45) is 0 Å². The first-order valence-corrected chi connectivity index (χ1v) is 7.30. The first-order chi connectivity index (χ1) is 10.1. The standard InChI is InChI=1S/C16H23N3O2/c1-3-7-19-15(17-12-18-19)9-16(10-20,11-21)14-6-4-5-13(2)8-14/h4-6,8,12,20-21H,3,7,9-11H2,1-2H3. The molecule has 0 amide bonds. The van der Waals surface area contributed by atoms with E-state index in [0.29, 0.717) is 6.42 Å². The van der Waals surface area contributed by atoms with Crippen LogP contribution in [0, 0.1) is 6.92 Å². The van der Waals surface area contributed by atoms with E-state index in [4.69, 9.17) is 0 Å². The van der Waals surface area contributed by atoms with E-state index in [1.54, 1.807) is 0 Å². The van der Waals surface area contributed by atoms with E-state index in [0.717, 1.165) is 29.9 Å². The Morgan fingerprint density at radius 1 is 1.24 bits per heavy atom. The number of aromatic nitrogens is 3. The minimum Gasteiger partial charge on any atom is -0.395 e. The molecule has 2 aromatic rings. The van der Waals surface area contributed by atoms with Crippen LogP contribution in [0.5, 0.6) is 0 Å². The lowest BCUT2D eigenvalue weighted by atomic mass is 9.78. The molecule has 0 bridgehead atoms. The van der Waals surface area contributed by atoms with Gasteiger partial charge in [0.05, 0.1) is 13.2 Å². The topological polar surface area (TPSA) is 71.2 Å². The van der Waals surface area contributed by atoms with Gasteiger partial charge in [0.15, 0.2) is 0 Å². The fourth-order valence-electron chi connectivity index (χ4n) is 2.55. The second kappa shape index (κ2) is 6.83. The van der Waals surface area contributed by atoms with Crippen molar-refractivity contribution in [1.29, 1.82) is 0 Å². The maximum absolute atomic E-state index is 9.92. The highest BCUT2D eigenvalue weighted by Gasteiger charge is 2.33. The minimum absolute atomic E-state index is 0.133. The third-order valence-electron chi connectivity index (χ3n) is 3.86. The number of aliphatic hydroxyl groups excluding tert-OH is 2. The molecule has 0 aliphatic heterocycles. The Balaban J connectivity index is 2.36. The zero-order valence-corrected chi connectivity index (χ0v) is 12.7. The number of hydrogen-bond acceptors (Lipinski definition) is 4. The molecular formula is C16H23N3O2. The van der Waals surface area contributed by atoms with Crippen LogP contribution >= 0.6 is 0 Å². The zero-order chi connectivity index (χ0) is 15.3. The van der Waals surface area contributed by atoms with Crippen molar-refractivity contribution in [3.63, 3.8) is 0 Å². The largest absolute Gasteiger partial charge is 0.395 e. The predicted octanol–water partition coefficient (Wildman–Crippen LogP) is 1.46. The Labute approximate surface area is 125 Å². The molecule has 1 heterocycles. The van der Waals surface area contributed by atoms with Crippen molar-refractivity contribution in [3.05, 3.63) is 47.5 Å². The number of aliphatic hydroxyl groups is 2. The summed E-state index contributed by atoms with van der Waals surface area (Å²) < 4.78 is 1.84. The summed E-state index contributed by atoms with van der Waals surface area (Å²) in [7, 11) is 0. The summed E-state index contributed by atoms with van der Waals surface area (Å²) in [6.45, 7) is 4.61.